The zero-order valence-corrected chi connectivity index (χ0v) is 22.0. The predicted molar refractivity (Wildman–Crippen MR) is 138 cm³/mol. The molecule has 0 aliphatic carbocycles. The zero-order chi connectivity index (χ0) is 22.8. The summed E-state index contributed by atoms with van der Waals surface area (Å²) in [5, 5.41) is 3.66. The molecule has 0 aliphatic heterocycles. The predicted octanol–water partition coefficient (Wildman–Crippen LogP) is 8.45. The first-order chi connectivity index (χ1) is 15.3. The van der Waals surface area contributed by atoms with E-state index in [1.807, 2.05) is 0 Å². The second-order valence-corrected chi connectivity index (χ2v) is 9.34. The van der Waals surface area contributed by atoms with Crippen molar-refractivity contribution < 1.29 is 9.47 Å². The molecular weight excluding hydrogens is 382 g/mol. The van der Waals surface area contributed by atoms with Crippen LogP contribution in [0.15, 0.2) is 0 Å². The quantitative estimate of drug-likeness (QED) is 0.137. The Bertz CT molecular complexity index is 294. The Morgan fingerprint density at radius 1 is 0.452 bits per heavy atom. The average molecular weight is 442 g/mol. The molecule has 0 spiro atoms. The van der Waals surface area contributed by atoms with Crippen molar-refractivity contribution in [1.29, 1.82) is 0 Å². The number of hydrogen-bond acceptors (Lipinski definition) is 3. The van der Waals surface area contributed by atoms with Gasteiger partial charge in [0, 0.05) is 26.3 Å². The van der Waals surface area contributed by atoms with Crippen molar-refractivity contribution in [3.63, 3.8) is 0 Å². The van der Waals surface area contributed by atoms with Gasteiger partial charge in [-0.15, -0.1) is 0 Å². The standard InChI is InChI=1S/C28H59NO2/c1-5-9-11-13-15-17-19-21-23-27(30-7-3)25-29-26-28(31-8-4)24-22-20-18-16-14-12-10-6-2/h27-29H,5-26H2,1-4H3. The fourth-order valence-corrected chi connectivity index (χ4v) is 4.38. The molecule has 1 N–H and O–H groups in total. The van der Waals surface area contributed by atoms with Gasteiger partial charge in [0.25, 0.3) is 0 Å². The third-order valence-electron chi connectivity index (χ3n) is 6.31. The molecule has 0 rings (SSSR count). The number of nitrogens with one attached hydrogen (secondary N) is 1. The third-order valence-corrected chi connectivity index (χ3v) is 6.31. The van der Waals surface area contributed by atoms with Crippen LogP contribution in [-0.2, 0) is 9.47 Å². The minimum absolute atomic E-state index is 0.357. The first-order valence-electron chi connectivity index (χ1n) is 14.2. The smallest absolute Gasteiger partial charge is 0.0699 e. The van der Waals surface area contributed by atoms with Crippen LogP contribution in [0.4, 0.5) is 0 Å². The third kappa shape index (κ3) is 22.9. The van der Waals surface area contributed by atoms with Gasteiger partial charge in [0.2, 0.25) is 0 Å². The molecule has 0 heterocycles. The molecule has 0 radical (unpaired) electrons. The van der Waals surface area contributed by atoms with Gasteiger partial charge in [-0.25, -0.2) is 0 Å². The van der Waals surface area contributed by atoms with Gasteiger partial charge in [0.15, 0.2) is 0 Å². The van der Waals surface area contributed by atoms with Gasteiger partial charge < -0.3 is 14.8 Å². The minimum atomic E-state index is 0.357. The van der Waals surface area contributed by atoms with E-state index in [-0.39, 0.29) is 0 Å². The van der Waals surface area contributed by atoms with E-state index in [9.17, 15) is 0 Å². The van der Waals surface area contributed by atoms with Crippen molar-refractivity contribution in [2.45, 2.75) is 155 Å². The van der Waals surface area contributed by atoms with Crippen LogP contribution >= 0.6 is 0 Å². The molecule has 0 fully saturated rings. The SMILES string of the molecule is CCCCCCCCCCC(CNCC(CCCCCCCCCC)OCC)OCC. The summed E-state index contributed by atoms with van der Waals surface area (Å²) in [5.74, 6) is 0. The molecular formula is C28H59NO2. The maximum atomic E-state index is 5.99. The van der Waals surface area contributed by atoms with Gasteiger partial charge in [0.05, 0.1) is 12.2 Å². The summed E-state index contributed by atoms with van der Waals surface area (Å²) in [7, 11) is 0. The van der Waals surface area contributed by atoms with Crippen molar-refractivity contribution in [3.05, 3.63) is 0 Å². The molecule has 0 aliphatic rings. The van der Waals surface area contributed by atoms with Gasteiger partial charge >= 0.3 is 0 Å². The normalized spacial score (nSPS) is 13.5. The Morgan fingerprint density at radius 3 is 1.10 bits per heavy atom. The Kier molecular flexibility index (Phi) is 26.0. The summed E-state index contributed by atoms with van der Waals surface area (Å²) >= 11 is 0. The van der Waals surface area contributed by atoms with Crippen molar-refractivity contribution in [2.24, 2.45) is 0 Å². The molecule has 2 unspecified atom stereocenters. The van der Waals surface area contributed by atoms with Crippen molar-refractivity contribution >= 4 is 0 Å². The van der Waals surface area contributed by atoms with E-state index in [0.29, 0.717) is 12.2 Å². The van der Waals surface area contributed by atoms with Crippen LogP contribution in [-0.4, -0.2) is 38.5 Å². The molecule has 188 valence electrons. The molecule has 0 aromatic rings. The molecule has 0 saturated heterocycles. The number of ether oxygens (including phenoxy) is 2. The minimum Gasteiger partial charge on any atom is -0.377 e. The maximum absolute atomic E-state index is 5.99. The summed E-state index contributed by atoms with van der Waals surface area (Å²) in [6.45, 7) is 12.4. The van der Waals surface area contributed by atoms with Crippen molar-refractivity contribution in [2.75, 3.05) is 26.3 Å². The number of rotatable bonds is 26. The van der Waals surface area contributed by atoms with Crippen molar-refractivity contribution in [3.8, 4) is 0 Å². The summed E-state index contributed by atoms with van der Waals surface area (Å²) in [5.41, 5.74) is 0. The lowest BCUT2D eigenvalue weighted by atomic mass is 10.0. The van der Waals surface area contributed by atoms with Gasteiger partial charge in [-0.1, -0.05) is 117 Å². The van der Waals surface area contributed by atoms with Crippen LogP contribution in [0.3, 0.4) is 0 Å². The monoisotopic (exact) mass is 441 g/mol. The summed E-state index contributed by atoms with van der Waals surface area (Å²) in [6, 6.07) is 0. The molecule has 0 bridgehead atoms. The van der Waals surface area contributed by atoms with E-state index in [1.54, 1.807) is 0 Å². The molecule has 0 aromatic heterocycles. The lowest BCUT2D eigenvalue weighted by molar-refractivity contribution is 0.0371. The van der Waals surface area contributed by atoms with Gasteiger partial charge in [0.1, 0.15) is 0 Å². The fourth-order valence-electron chi connectivity index (χ4n) is 4.38. The van der Waals surface area contributed by atoms with Crippen LogP contribution in [0.2, 0.25) is 0 Å². The molecule has 0 amide bonds. The first kappa shape index (κ1) is 30.9. The zero-order valence-electron chi connectivity index (χ0n) is 22.0. The highest BCUT2D eigenvalue weighted by atomic mass is 16.5. The molecule has 2 atom stereocenters. The van der Waals surface area contributed by atoms with Crippen LogP contribution < -0.4 is 5.32 Å². The van der Waals surface area contributed by atoms with Gasteiger partial charge in [-0.05, 0) is 26.7 Å². The first-order valence-corrected chi connectivity index (χ1v) is 14.2. The Hall–Kier alpha value is -0.120. The van der Waals surface area contributed by atoms with Gasteiger partial charge in [-0.2, -0.15) is 0 Å². The maximum Gasteiger partial charge on any atom is 0.0699 e. The van der Waals surface area contributed by atoms with E-state index < -0.39 is 0 Å². The number of unbranched alkanes of at least 4 members (excludes halogenated alkanes) is 14. The summed E-state index contributed by atoms with van der Waals surface area (Å²) in [6.07, 6.45) is 25.2. The van der Waals surface area contributed by atoms with E-state index in [4.69, 9.17) is 9.47 Å². The summed E-state index contributed by atoms with van der Waals surface area (Å²) in [4.78, 5) is 0. The van der Waals surface area contributed by atoms with Crippen LogP contribution in [0.5, 0.6) is 0 Å². The molecule has 0 aromatic carbocycles. The molecule has 3 nitrogen and oxygen atoms in total. The van der Waals surface area contributed by atoms with Gasteiger partial charge in [-0.3, -0.25) is 0 Å². The van der Waals surface area contributed by atoms with E-state index in [1.165, 1.54) is 116 Å². The highest BCUT2D eigenvalue weighted by Gasteiger charge is 2.12. The van der Waals surface area contributed by atoms with E-state index in [2.05, 4.69) is 33.0 Å². The van der Waals surface area contributed by atoms with Crippen LogP contribution in [0.25, 0.3) is 0 Å². The second-order valence-electron chi connectivity index (χ2n) is 9.34. The van der Waals surface area contributed by atoms with E-state index in [0.717, 1.165) is 26.3 Å². The Balaban J connectivity index is 3.83. The van der Waals surface area contributed by atoms with Crippen LogP contribution in [0, 0.1) is 0 Å². The molecule has 0 saturated carbocycles. The van der Waals surface area contributed by atoms with E-state index >= 15 is 0 Å². The topological polar surface area (TPSA) is 30.5 Å². The Labute approximate surface area is 196 Å². The number of hydrogen-bond donors (Lipinski definition) is 1. The second kappa shape index (κ2) is 26.1. The molecule has 3 heteroatoms. The van der Waals surface area contributed by atoms with Crippen molar-refractivity contribution in [1.82, 2.24) is 5.32 Å². The Morgan fingerprint density at radius 2 is 0.774 bits per heavy atom. The largest absolute Gasteiger partial charge is 0.377 e. The van der Waals surface area contributed by atoms with Crippen LogP contribution in [0.1, 0.15) is 143 Å². The lowest BCUT2D eigenvalue weighted by Crippen LogP contribution is -2.35. The fraction of sp³-hybridized carbons (Fsp3) is 1.00. The summed E-state index contributed by atoms with van der Waals surface area (Å²) < 4.78 is 12.0. The average Bonchev–Trinajstić information content (AvgIpc) is 2.77. The molecule has 31 heavy (non-hydrogen) atoms. The lowest BCUT2D eigenvalue weighted by Gasteiger charge is -2.21. The highest BCUT2D eigenvalue weighted by Crippen LogP contribution is 2.13. The highest BCUT2D eigenvalue weighted by molar-refractivity contribution is 4.67.